The van der Waals surface area contributed by atoms with Gasteiger partial charge in [0.15, 0.2) is 5.96 Å². The van der Waals surface area contributed by atoms with E-state index in [0.717, 1.165) is 28.9 Å². The fourth-order valence-electron chi connectivity index (χ4n) is 4.04. The zero-order valence-electron chi connectivity index (χ0n) is 16.3. The average Bonchev–Trinajstić information content (AvgIpc) is 3.44. The molecule has 5 heteroatoms. The van der Waals surface area contributed by atoms with Crippen LogP contribution in [0.1, 0.15) is 54.4 Å². The fraction of sp³-hybridized carbons (Fsp3) is 0.619. The maximum atomic E-state index is 11.9. The van der Waals surface area contributed by atoms with Crippen LogP contribution in [0.25, 0.3) is 0 Å². The zero-order valence-corrected chi connectivity index (χ0v) is 16.3. The number of nitrogens with zero attached hydrogens (tertiary/aromatic N) is 2. The molecule has 0 bridgehead atoms. The van der Waals surface area contributed by atoms with Gasteiger partial charge in [0, 0.05) is 39.3 Å². The van der Waals surface area contributed by atoms with E-state index in [2.05, 4.69) is 15.6 Å². The molecule has 0 saturated heterocycles. The predicted molar refractivity (Wildman–Crippen MR) is 106 cm³/mol. The van der Waals surface area contributed by atoms with Crippen LogP contribution in [0.4, 0.5) is 0 Å². The Morgan fingerprint density at radius 3 is 2.46 bits per heavy atom. The second kappa shape index (κ2) is 8.56. The highest BCUT2D eigenvalue weighted by Crippen LogP contribution is 2.44. The summed E-state index contributed by atoms with van der Waals surface area (Å²) in [5.74, 6) is 2.66. The molecule has 26 heavy (non-hydrogen) atoms. The van der Waals surface area contributed by atoms with Gasteiger partial charge in [-0.3, -0.25) is 9.79 Å². The number of rotatable bonds is 5. The minimum atomic E-state index is 0.0319. The van der Waals surface area contributed by atoms with E-state index in [1.54, 1.807) is 19.0 Å². The van der Waals surface area contributed by atoms with E-state index >= 15 is 0 Å². The number of carbonyl (C=O) groups excluding carboxylic acids is 1. The summed E-state index contributed by atoms with van der Waals surface area (Å²) in [6.45, 7) is 0.705. The van der Waals surface area contributed by atoms with Crippen LogP contribution in [0.3, 0.4) is 0 Å². The molecule has 2 saturated carbocycles. The zero-order chi connectivity index (χ0) is 18.5. The van der Waals surface area contributed by atoms with Crippen LogP contribution >= 0.6 is 0 Å². The summed E-state index contributed by atoms with van der Waals surface area (Å²) in [5, 5.41) is 6.98. The van der Waals surface area contributed by atoms with Crippen molar-refractivity contribution >= 4 is 11.9 Å². The van der Waals surface area contributed by atoms with Gasteiger partial charge in [-0.05, 0) is 36.0 Å². The standard InChI is InChI=1S/C21H32N4O/c1-22-21(24-19-13-18(19)16-7-5-4-6-8-16)23-14-15-9-11-17(12-10-15)20(26)25(2)3/h9-12,16,18-19H,4-8,13-14H2,1-3H3,(H2,22,23,24). The minimum Gasteiger partial charge on any atom is -0.353 e. The van der Waals surface area contributed by atoms with Crippen LogP contribution < -0.4 is 10.6 Å². The smallest absolute Gasteiger partial charge is 0.253 e. The summed E-state index contributed by atoms with van der Waals surface area (Å²) in [7, 11) is 5.37. The Labute approximate surface area is 157 Å². The van der Waals surface area contributed by atoms with Crippen LogP contribution in [0.15, 0.2) is 29.3 Å². The topological polar surface area (TPSA) is 56.7 Å². The molecule has 0 heterocycles. The first kappa shape index (κ1) is 18.7. The molecule has 1 aromatic carbocycles. The molecule has 0 radical (unpaired) electrons. The number of hydrogen-bond donors (Lipinski definition) is 2. The average molecular weight is 357 g/mol. The van der Waals surface area contributed by atoms with Gasteiger partial charge in [0.05, 0.1) is 0 Å². The maximum absolute atomic E-state index is 11.9. The van der Waals surface area contributed by atoms with E-state index in [0.29, 0.717) is 12.6 Å². The van der Waals surface area contributed by atoms with Crippen LogP contribution in [-0.4, -0.2) is 44.0 Å². The Kier molecular flexibility index (Phi) is 6.17. The summed E-state index contributed by atoms with van der Waals surface area (Å²) in [4.78, 5) is 17.9. The van der Waals surface area contributed by atoms with E-state index in [-0.39, 0.29) is 5.91 Å². The van der Waals surface area contributed by atoms with Crippen molar-refractivity contribution in [1.82, 2.24) is 15.5 Å². The molecule has 2 aliphatic rings. The fourth-order valence-corrected chi connectivity index (χ4v) is 4.04. The first-order valence-electron chi connectivity index (χ1n) is 9.86. The van der Waals surface area contributed by atoms with Crippen molar-refractivity contribution in [2.75, 3.05) is 21.1 Å². The van der Waals surface area contributed by atoms with Gasteiger partial charge in [-0.1, -0.05) is 44.2 Å². The monoisotopic (exact) mass is 356 g/mol. The third kappa shape index (κ3) is 4.77. The molecule has 0 aliphatic heterocycles. The van der Waals surface area contributed by atoms with Crippen molar-refractivity contribution in [3.05, 3.63) is 35.4 Å². The van der Waals surface area contributed by atoms with Gasteiger partial charge in [0.1, 0.15) is 0 Å². The van der Waals surface area contributed by atoms with Crippen molar-refractivity contribution in [3.8, 4) is 0 Å². The maximum Gasteiger partial charge on any atom is 0.253 e. The Balaban J connectivity index is 1.45. The van der Waals surface area contributed by atoms with Gasteiger partial charge in [-0.2, -0.15) is 0 Å². The van der Waals surface area contributed by atoms with Crippen LogP contribution in [0.5, 0.6) is 0 Å². The molecule has 0 aromatic heterocycles. The number of amides is 1. The summed E-state index contributed by atoms with van der Waals surface area (Å²) in [6, 6.07) is 8.35. The molecule has 2 fully saturated rings. The second-order valence-electron chi connectivity index (χ2n) is 7.87. The third-order valence-corrected chi connectivity index (χ3v) is 5.71. The van der Waals surface area contributed by atoms with Crippen LogP contribution in [0.2, 0.25) is 0 Å². The molecular weight excluding hydrogens is 324 g/mol. The molecule has 1 aromatic rings. The quantitative estimate of drug-likeness (QED) is 0.630. The Morgan fingerprint density at radius 2 is 1.85 bits per heavy atom. The number of benzene rings is 1. The van der Waals surface area contributed by atoms with E-state index in [4.69, 9.17) is 0 Å². The number of hydrogen-bond acceptors (Lipinski definition) is 2. The van der Waals surface area contributed by atoms with Crippen molar-refractivity contribution in [2.45, 2.75) is 51.1 Å². The van der Waals surface area contributed by atoms with Gasteiger partial charge in [0.2, 0.25) is 0 Å². The number of nitrogens with one attached hydrogen (secondary N) is 2. The highest BCUT2D eigenvalue weighted by molar-refractivity contribution is 5.93. The van der Waals surface area contributed by atoms with Gasteiger partial charge >= 0.3 is 0 Å². The lowest BCUT2D eigenvalue weighted by atomic mass is 9.85. The molecule has 142 valence electrons. The predicted octanol–water partition coefficient (Wildman–Crippen LogP) is 3.02. The molecule has 3 rings (SSSR count). The van der Waals surface area contributed by atoms with Crippen LogP contribution in [-0.2, 0) is 6.54 Å². The third-order valence-electron chi connectivity index (χ3n) is 5.71. The number of guanidine groups is 1. The van der Waals surface area contributed by atoms with Gasteiger partial charge in [-0.15, -0.1) is 0 Å². The first-order valence-corrected chi connectivity index (χ1v) is 9.86. The molecule has 2 unspecified atom stereocenters. The molecule has 0 spiro atoms. The van der Waals surface area contributed by atoms with Crippen molar-refractivity contribution in [3.63, 3.8) is 0 Å². The van der Waals surface area contributed by atoms with E-state index in [1.165, 1.54) is 38.5 Å². The highest BCUT2D eigenvalue weighted by Gasteiger charge is 2.43. The molecule has 2 aliphatic carbocycles. The molecular formula is C21H32N4O. The summed E-state index contributed by atoms with van der Waals surface area (Å²) < 4.78 is 0. The lowest BCUT2D eigenvalue weighted by Gasteiger charge is -2.22. The molecule has 2 atom stereocenters. The SMILES string of the molecule is CN=C(NCc1ccc(C(=O)N(C)C)cc1)NC1CC1C1CCCCC1. The van der Waals surface area contributed by atoms with Crippen LogP contribution in [0, 0.1) is 11.8 Å². The summed E-state index contributed by atoms with van der Waals surface area (Å²) >= 11 is 0. The Bertz CT molecular complexity index is 632. The summed E-state index contributed by atoms with van der Waals surface area (Å²) in [6.07, 6.45) is 8.34. The van der Waals surface area contributed by atoms with Crippen molar-refractivity contribution < 1.29 is 4.79 Å². The molecule has 2 N–H and O–H groups in total. The lowest BCUT2D eigenvalue weighted by molar-refractivity contribution is 0.0827. The van der Waals surface area contributed by atoms with Gasteiger partial charge in [0.25, 0.3) is 5.91 Å². The molecule has 1 amide bonds. The lowest BCUT2D eigenvalue weighted by Crippen LogP contribution is -2.39. The van der Waals surface area contributed by atoms with Crippen molar-refractivity contribution in [1.29, 1.82) is 0 Å². The summed E-state index contributed by atoms with van der Waals surface area (Å²) in [5.41, 5.74) is 1.86. The Morgan fingerprint density at radius 1 is 1.15 bits per heavy atom. The van der Waals surface area contributed by atoms with E-state index in [1.807, 2.05) is 31.3 Å². The van der Waals surface area contributed by atoms with Gasteiger partial charge in [-0.25, -0.2) is 0 Å². The highest BCUT2D eigenvalue weighted by atomic mass is 16.2. The van der Waals surface area contributed by atoms with Gasteiger partial charge < -0.3 is 15.5 Å². The number of aliphatic imine (C=N–C) groups is 1. The largest absolute Gasteiger partial charge is 0.353 e. The first-order chi connectivity index (χ1) is 12.6. The van der Waals surface area contributed by atoms with E-state index in [9.17, 15) is 4.79 Å². The van der Waals surface area contributed by atoms with Crippen molar-refractivity contribution in [2.24, 2.45) is 16.8 Å². The second-order valence-corrected chi connectivity index (χ2v) is 7.87. The molecule has 5 nitrogen and oxygen atoms in total. The minimum absolute atomic E-state index is 0.0319. The number of carbonyl (C=O) groups is 1. The van der Waals surface area contributed by atoms with E-state index < -0.39 is 0 Å². The normalized spacial score (nSPS) is 23.4. The Hall–Kier alpha value is -2.04.